The van der Waals surface area contributed by atoms with Crippen LogP contribution in [0.25, 0.3) is 17.0 Å². The molecule has 0 aliphatic heterocycles. The summed E-state index contributed by atoms with van der Waals surface area (Å²) in [4.78, 5) is 15.5. The Kier molecular flexibility index (Phi) is 5.84. The largest absolute Gasteiger partial charge is 0.506 e. The van der Waals surface area contributed by atoms with Crippen LogP contribution in [0, 0.1) is 11.3 Å². The predicted octanol–water partition coefficient (Wildman–Crippen LogP) is 4.56. The van der Waals surface area contributed by atoms with Gasteiger partial charge in [-0.2, -0.15) is 5.26 Å². The van der Waals surface area contributed by atoms with E-state index in [0.29, 0.717) is 17.4 Å². The van der Waals surface area contributed by atoms with Crippen LogP contribution in [0.5, 0.6) is 5.75 Å². The Hall–Kier alpha value is -2.75. The van der Waals surface area contributed by atoms with Crippen LogP contribution < -0.4 is 5.32 Å². The van der Waals surface area contributed by atoms with E-state index in [0.717, 1.165) is 16.5 Å². The number of para-hydroxylation sites is 1. The lowest BCUT2D eigenvalue weighted by molar-refractivity contribution is -0.117. The van der Waals surface area contributed by atoms with Crippen LogP contribution in [0.2, 0.25) is 5.02 Å². The lowest BCUT2D eigenvalue weighted by Gasteiger charge is -2.06. The zero-order valence-corrected chi connectivity index (χ0v) is 16.4. The summed E-state index contributed by atoms with van der Waals surface area (Å²) in [5.74, 6) is -0.688. The van der Waals surface area contributed by atoms with E-state index in [9.17, 15) is 15.2 Å². The third-order valence-corrected chi connectivity index (χ3v) is 4.82. The number of nitrogens with zero attached hydrogens (tertiary/aromatic N) is 1. The Morgan fingerprint density at radius 1 is 1.37 bits per heavy atom. The summed E-state index contributed by atoms with van der Waals surface area (Å²) in [5, 5.41) is 23.3. The fraction of sp³-hybridized carbons (Fsp3) is 0.100. The van der Waals surface area contributed by atoms with Crippen LogP contribution >= 0.6 is 27.5 Å². The molecule has 136 valence electrons. The number of carbonyl (C=O) groups excluding carboxylic acids is 1. The highest BCUT2D eigenvalue weighted by atomic mass is 79.9. The summed E-state index contributed by atoms with van der Waals surface area (Å²) < 4.78 is 0.633. The number of halogens is 2. The van der Waals surface area contributed by atoms with E-state index in [2.05, 4.69) is 26.2 Å². The van der Waals surface area contributed by atoms with Gasteiger partial charge in [0.1, 0.15) is 17.4 Å². The highest BCUT2D eigenvalue weighted by molar-refractivity contribution is 9.10. The SMILES string of the molecule is N#CC(=Cc1cc(Br)cc(Cl)c1O)C(=O)NCCc1c[nH]c2ccccc12. The van der Waals surface area contributed by atoms with Crippen molar-refractivity contribution in [2.75, 3.05) is 6.54 Å². The Bertz CT molecular complexity index is 1080. The highest BCUT2D eigenvalue weighted by Crippen LogP contribution is 2.32. The van der Waals surface area contributed by atoms with Crippen molar-refractivity contribution in [2.45, 2.75) is 6.42 Å². The van der Waals surface area contributed by atoms with Gasteiger partial charge in [0.15, 0.2) is 0 Å². The summed E-state index contributed by atoms with van der Waals surface area (Å²) in [5.41, 5.74) is 2.30. The standard InChI is InChI=1S/C20H15BrClN3O2/c21-15-8-13(19(26)17(22)9-15)7-14(10-23)20(27)24-6-5-12-11-25-18-4-2-1-3-16(12)18/h1-4,7-9,11,25-26H,5-6H2,(H,24,27). The molecule has 1 amide bonds. The molecule has 0 aliphatic carbocycles. The Balaban J connectivity index is 1.70. The van der Waals surface area contributed by atoms with Crippen LogP contribution in [0.4, 0.5) is 0 Å². The topological polar surface area (TPSA) is 88.9 Å². The van der Waals surface area contributed by atoms with Crippen molar-refractivity contribution in [1.29, 1.82) is 5.26 Å². The van der Waals surface area contributed by atoms with Crippen LogP contribution in [0.3, 0.4) is 0 Å². The number of phenols is 1. The zero-order chi connectivity index (χ0) is 19.4. The van der Waals surface area contributed by atoms with Gasteiger partial charge in [-0.05, 0) is 36.3 Å². The second kappa shape index (κ2) is 8.30. The molecular weight excluding hydrogens is 430 g/mol. The molecule has 27 heavy (non-hydrogen) atoms. The van der Waals surface area contributed by atoms with Crippen LogP contribution in [-0.4, -0.2) is 22.5 Å². The minimum atomic E-state index is -0.507. The molecule has 2 aromatic carbocycles. The number of hydrogen-bond donors (Lipinski definition) is 3. The van der Waals surface area contributed by atoms with Gasteiger partial charge in [-0.25, -0.2) is 0 Å². The molecule has 1 heterocycles. The number of fused-ring (bicyclic) bond motifs is 1. The first-order valence-corrected chi connectivity index (χ1v) is 9.29. The summed E-state index contributed by atoms with van der Waals surface area (Å²) in [7, 11) is 0. The normalized spacial score (nSPS) is 11.4. The van der Waals surface area contributed by atoms with Crippen molar-refractivity contribution < 1.29 is 9.90 Å². The van der Waals surface area contributed by atoms with E-state index in [-0.39, 0.29) is 21.9 Å². The van der Waals surface area contributed by atoms with Crippen LogP contribution in [0.1, 0.15) is 11.1 Å². The lowest BCUT2D eigenvalue weighted by Crippen LogP contribution is -2.26. The minimum absolute atomic E-state index is 0.113. The van der Waals surface area contributed by atoms with Crippen molar-refractivity contribution >= 4 is 50.4 Å². The molecular formula is C20H15BrClN3O2. The van der Waals surface area contributed by atoms with Gasteiger partial charge >= 0.3 is 0 Å². The molecule has 0 aliphatic rings. The van der Waals surface area contributed by atoms with E-state index >= 15 is 0 Å². The van der Waals surface area contributed by atoms with Crippen LogP contribution in [0.15, 0.2) is 52.6 Å². The van der Waals surface area contributed by atoms with E-state index in [1.54, 1.807) is 6.07 Å². The molecule has 0 fully saturated rings. The monoisotopic (exact) mass is 443 g/mol. The lowest BCUT2D eigenvalue weighted by atomic mass is 10.1. The van der Waals surface area contributed by atoms with Gasteiger partial charge in [-0.1, -0.05) is 45.7 Å². The van der Waals surface area contributed by atoms with Crippen LogP contribution in [-0.2, 0) is 11.2 Å². The second-order valence-electron chi connectivity index (χ2n) is 5.86. The molecule has 5 nitrogen and oxygen atoms in total. The van der Waals surface area contributed by atoms with Gasteiger partial charge in [-0.3, -0.25) is 4.79 Å². The number of H-pyrrole nitrogens is 1. The van der Waals surface area contributed by atoms with Crippen molar-refractivity contribution in [3.8, 4) is 11.8 Å². The molecule has 0 atom stereocenters. The predicted molar refractivity (Wildman–Crippen MR) is 109 cm³/mol. The Morgan fingerprint density at radius 3 is 2.93 bits per heavy atom. The van der Waals surface area contributed by atoms with Gasteiger partial charge in [0.25, 0.3) is 5.91 Å². The van der Waals surface area contributed by atoms with Gasteiger partial charge in [-0.15, -0.1) is 0 Å². The first-order valence-electron chi connectivity index (χ1n) is 8.12. The number of amides is 1. The summed E-state index contributed by atoms with van der Waals surface area (Å²) in [6, 6.07) is 12.9. The van der Waals surface area contributed by atoms with E-state index < -0.39 is 5.91 Å². The summed E-state index contributed by atoms with van der Waals surface area (Å²) >= 11 is 9.19. The first kappa shape index (κ1) is 19.0. The number of rotatable bonds is 5. The van der Waals surface area contributed by atoms with Crippen molar-refractivity contribution in [1.82, 2.24) is 10.3 Å². The number of nitriles is 1. The molecule has 0 bridgehead atoms. The van der Waals surface area contributed by atoms with Crippen molar-refractivity contribution in [3.05, 3.63) is 68.8 Å². The molecule has 7 heteroatoms. The summed E-state index contributed by atoms with van der Waals surface area (Å²) in [6.07, 6.45) is 3.86. The van der Waals surface area contributed by atoms with Gasteiger partial charge in [0.05, 0.1) is 5.02 Å². The third kappa shape index (κ3) is 4.33. The summed E-state index contributed by atoms with van der Waals surface area (Å²) in [6.45, 7) is 0.380. The molecule has 3 aromatic rings. The smallest absolute Gasteiger partial charge is 0.261 e. The fourth-order valence-electron chi connectivity index (χ4n) is 2.74. The maximum atomic E-state index is 12.3. The average molecular weight is 445 g/mol. The number of nitrogens with one attached hydrogen (secondary N) is 2. The number of hydrogen-bond acceptors (Lipinski definition) is 3. The Morgan fingerprint density at radius 2 is 2.15 bits per heavy atom. The molecule has 0 radical (unpaired) electrons. The second-order valence-corrected chi connectivity index (χ2v) is 7.18. The molecule has 0 saturated heterocycles. The molecule has 0 saturated carbocycles. The van der Waals surface area contributed by atoms with E-state index in [1.807, 2.05) is 36.5 Å². The van der Waals surface area contributed by atoms with Crippen molar-refractivity contribution in [3.63, 3.8) is 0 Å². The third-order valence-electron chi connectivity index (χ3n) is 4.08. The number of carbonyl (C=O) groups is 1. The minimum Gasteiger partial charge on any atom is -0.506 e. The maximum Gasteiger partial charge on any atom is 0.261 e. The van der Waals surface area contributed by atoms with Gasteiger partial charge < -0.3 is 15.4 Å². The molecule has 0 unspecified atom stereocenters. The molecule has 3 rings (SSSR count). The number of aromatic hydroxyl groups is 1. The zero-order valence-electron chi connectivity index (χ0n) is 14.1. The fourth-order valence-corrected chi connectivity index (χ4v) is 3.58. The van der Waals surface area contributed by atoms with Crippen molar-refractivity contribution in [2.24, 2.45) is 0 Å². The van der Waals surface area contributed by atoms with Gasteiger partial charge in [0.2, 0.25) is 0 Å². The van der Waals surface area contributed by atoms with E-state index in [1.165, 1.54) is 12.1 Å². The van der Waals surface area contributed by atoms with E-state index in [4.69, 9.17) is 11.6 Å². The molecule has 0 spiro atoms. The number of benzene rings is 2. The first-order chi connectivity index (χ1) is 13.0. The Labute approximate surface area is 169 Å². The highest BCUT2D eigenvalue weighted by Gasteiger charge is 2.12. The maximum absolute atomic E-state index is 12.3. The van der Waals surface area contributed by atoms with Gasteiger partial charge in [0, 0.05) is 33.7 Å². The average Bonchev–Trinajstić information content (AvgIpc) is 3.06. The number of aromatic nitrogens is 1. The number of aromatic amines is 1. The number of phenolic OH excluding ortho intramolecular Hbond substituents is 1. The molecule has 1 aromatic heterocycles. The quantitative estimate of drug-likeness (QED) is 0.398. The molecule has 3 N–H and O–H groups in total.